The molecular weight excluding hydrogens is 285 g/mol. The van der Waals surface area contributed by atoms with Crippen LogP contribution in [0, 0.1) is 5.82 Å². The highest BCUT2D eigenvalue weighted by Crippen LogP contribution is 2.31. The van der Waals surface area contributed by atoms with Gasteiger partial charge >= 0.3 is 0 Å². The van der Waals surface area contributed by atoms with Gasteiger partial charge in [0.1, 0.15) is 5.82 Å². The number of nitrogens with one attached hydrogen (secondary N) is 1. The molecule has 1 aliphatic heterocycles. The first kappa shape index (κ1) is 13.0. The molecule has 1 atom stereocenters. The van der Waals surface area contributed by atoms with Crippen LogP contribution in [0.2, 0.25) is 0 Å². The van der Waals surface area contributed by atoms with E-state index in [1.165, 1.54) is 0 Å². The van der Waals surface area contributed by atoms with Crippen molar-refractivity contribution in [2.75, 3.05) is 19.7 Å². The van der Waals surface area contributed by atoms with Gasteiger partial charge in [-0.05, 0) is 39.5 Å². The smallest absolute Gasteiger partial charge is 0.143 e. The maximum Gasteiger partial charge on any atom is 0.143 e. The van der Waals surface area contributed by atoms with Crippen LogP contribution in [-0.2, 0) is 4.74 Å². The van der Waals surface area contributed by atoms with Crippen LogP contribution in [0.15, 0.2) is 16.6 Å². The molecule has 94 valence electrons. The summed E-state index contributed by atoms with van der Waals surface area (Å²) >= 11 is 3.28. The summed E-state index contributed by atoms with van der Waals surface area (Å²) in [4.78, 5) is 0. The van der Waals surface area contributed by atoms with Crippen LogP contribution in [-0.4, -0.2) is 19.7 Å². The van der Waals surface area contributed by atoms with Gasteiger partial charge in [-0.15, -0.1) is 0 Å². The van der Waals surface area contributed by atoms with E-state index in [1.54, 1.807) is 0 Å². The van der Waals surface area contributed by atoms with Gasteiger partial charge in [0.15, 0.2) is 0 Å². The maximum atomic E-state index is 14.1. The van der Waals surface area contributed by atoms with Crippen molar-refractivity contribution < 1.29 is 9.13 Å². The molecule has 1 aliphatic rings. The predicted molar refractivity (Wildman–Crippen MR) is 69.8 cm³/mol. The largest absolute Gasteiger partial charge is 0.371 e. The third kappa shape index (κ3) is 2.87. The summed E-state index contributed by atoms with van der Waals surface area (Å²) in [5, 5.41) is 3.22. The third-order valence-corrected chi connectivity index (χ3v) is 3.60. The summed E-state index contributed by atoms with van der Waals surface area (Å²) in [6.07, 6.45) is -0.182. The molecule has 0 aromatic heterocycles. The fourth-order valence-corrected chi connectivity index (χ4v) is 2.46. The Hall–Kier alpha value is -0.450. The van der Waals surface area contributed by atoms with Crippen molar-refractivity contribution in [3.8, 4) is 0 Å². The molecule has 2 rings (SSSR count). The zero-order chi connectivity index (χ0) is 12.4. The van der Waals surface area contributed by atoms with Gasteiger partial charge in [0.2, 0.25) is 0 Å². The number of hydrogen-bond acceptors (Lipinski definition) is 2. The van der Waals surface area contributed by atoms with E-state index in [0.29, 0.717) is 29.1 Å². The Morgan fingerprint density at radius 2 is 2.24 bits per heavy atom. The molecule has 2 nitrogen and oxygen atoms in total. The molecule has 1 aromatic rings. The number of rotatable bonds is 2. The van der Waals surface area contributed by atoms with Gasteiger partial charge in [-0.25, -0.2) is 4.39 Å². The normalized spacial score (nSPS) is 20.9. The van der Waals surface area contributed by atoms with E-state index in [1.807, 2.05) is 12.1 Å². The highest BCUT2D eigenvalue weighted by atomic mass is 79.9. The van der Waals surface area contributed by atoms with Crippen LogP contribution >= 0.6 is 15.9 Å². The van der Waals surface area contributed by atoms with Crippen LogP contribution in [0.4, 0.5) is 4.39 Å². The van der Waals surface area contributed by atoms with E-state index in [2.05, 4.69) is 35.1 Å². The van der Waals surface area contributed by atoms with Crippen molar-refractivity contribution in [3.63, 3.8) is 0 Å². The standard InChI is InChI=1S/C13H17BrFNO/c1-8(2)9-5-10(13(15)11(14)6-9)12-7-16-3-4-17-12/h5-6,8,12,16H,3-4,7H2,1-2H3. The van der Waals surface area contributed by atoms with Crippen molar-refractivity contribution in [2.24, 2.45) is 0 Å². The summed E-state index contributed by atoms with van der Waals surface area (Å²) in [5.74, 6) is 0.172. The van der Waals surface area contributed by atoms with Crippen LogP contribution < -0.4 is 5.32 Å². The molecule has 17 heavy (non-hydrogen) atoms. The van der Waals surface area contributed by atoms with E-state index >= 15 is 0 Å². The van der Waals surface area contributed by atoms with Gasteiger partial charge < -0.3 is 10.1 Å². The summed E-state index contributed by atoms with van der Waals surface area (Å²) < 4.78 is 20.2. The number of ether oxygens (including phenoxy) is 1. The summed E-state index contributed by atoms with van der Waals surface area (Å²) in [6, 6.07) is 3.77. The van der Waals surface area contributed by atoms with E-state index in [0.717, 1.165) is 12.1 Å². The van der Waals surface area contributed by atoms with Crippen molar-refractivity contribution in [3.05, 3.63) is 33.5 Å². The van der Waals surface area contributed by atoms with Crippen molar-refractivity contribution >= 4 is 15.9 Å². The van der Waals surface area contributed by atoms with Crippen molar-refractivity contribution in [2.45, 2.75) is 25.9 Å². The second kappa shape index (κ2) is 5.46. The molecule has 1 unspecified atom stereocenters. The first-order valence-electron chi connectivity index (χ1n) is 5.90. The lowest BCUT2D eigenvalue weighted by atomic mass is 9.98. The minimum Gasteiger partial charge on any atom is -0.371 e. The highest BCUT2D eigenvalue weighted by Gasteiger charge is 2.22. The van der Waals surface area contributed by atoms with Crippen molar-refractivity contribution in [1.82, 2.24) is 5.32 Å². The second-order valence-electron chi connectivity index (χ2n) is 4.62. The second-order valence-corrected chi connectivity index (χ2v) is 5.48. The Morgan fingerprint density at radius 3 is 2.82 bits per heavy atom. The van der Waals surface area contributed by atoms with Gasteiger partial charge in [0.25, 0.3) is 0 Å². The highest BCUT2D eigenvalue weighted by molar-refractivity contribution is 9.10. The lowest BCUT2D eigenvalue weighted by Gasteiger charge is -2.25. The minimum absolute atomic E-state index is 0.182. The Balaban J connectivity index is 2.36. The SMILES string of the molecule is CC(C)c1cc(Br)c(F)c(C2CNCCO2)c1. The quantitative estimate of drug-likeness (QED) is 0.904. The fourth-order valence-electron chi connectivity index (χ4n) is 1.96. The number of morpholine rings is 1. The van der Waals surface area contributed by atoms with E-state index in [-0.39, 0.29) is 11.9 Å². The van der Waals surface area contributed by atoms with Crippen LogP contribution in [0.3, 0.4) is 0 Å². The monoisotopic (exact) mass is 301 g/mol. The minimum atomic E-state index is -0.205. The molecule has 1 heterocycles. The van der Waals surface area contributed by atoms with Crippen LogP contribution in [0.25, 0.3) is 0 Å². The zero-order valence-electron chi connectivity index (χ0n) is 10.1. The molecular formula is C13H17BrFNO. The summed E-state index contributed by atoms with van der Waals surface area (Å²) in [5.41, 5.74) is 1.78. The average molecular weight is 302 g/mol. The predicted octanol–water partition coefficient (Wildman–Crippen LogP) is 3.37. The van der Waals surface area contributed by atoms with Crippen LogP contribution in [0.1, 0.15) is 37.0 Å². The van der Waals surface area contributed by atoms with Gasteiger partial charge in [0, 0.05) is 18.7 Å². The van der Waals surface area contributed by atoms with E-state index in [4.69, 9.17) is 4.74 Å². The Labute approximate surface area is 110 Å². The maximum absolute atomic E-state index is 14.1. The van der Waals surface area contributed by atoms with Gasteiger partial charge in [0.05, 0.1) is 17.2 Å². The molecule has 1 fully saturated rings. The molecule has 0 bridgehead atoms. The van der Waals surface area contributed by atoms with Gasteiger partial charge in [-0.3, -0.25) is 0 Å². The molecule has 0 spiro atoms. The molecule has 1 aromatic carbocycles. The number of halogens is 2. The average Bonchev–Trinajstić information content (AvgIpc) is 2.33. The Kier molecular flexibility index (Phi) is 4.17. The molecule has 4 heteroatoms. The first-order valence-corrected chi connectivity index (χ1v) is 6.70. The molecule has 1 saturated heterocycles. The molecule has 0 saturated carbocycles. The summed E-state index contributed by atoms with van der Waals surface area (Å²) in [7, 11) is 0. The molecule has 1 N–H and O–H groups in total. The van der Waals surface area contributed by atoms with Gasteiger partial charge in [-0.1, -0.05) is 13.8 Å². The van der Waals surface area contributed by atoms with Gasteiger partial charge in [-0.2, -0.15) is 0 Å². The topological polar surface area (TPSA) is 21.3 Å². The summed E-state index contributed by atoms with van der Waals surface area (Å²) in [6.45, 7) is 6.34. The van der Waals surface area contributed by atoms with Crippen molar-refractivity contribution in [1.29, 1.82) is 0 Å². The zero-order valence-corrected chi connectivity index (χ0v) is 11.7. The third-order valence-electron chi connectivity index (χ3n) is 3.02. The molecule has 0 radical (unpaired) electrons. The van der Waals surface area contributed by atoms with E-state index < -0.39 is 0 Å². The number of benzene rings is 1. The Bertz CT molecular complexity index is 403. The van der Waals surface area contributed by atoms with E-state index in [9.17, 15) is 4.39 Å². The first-order chi connectivity index (χ1) is 8.09. The fraction of sp³-hybridized carbons (Fsp3) is 0.538. The lowest BCUT2D eigenvalue weighted by Crippen LogP contribution is -2.33. The molecule has 0 amide bonds. The molecule has 0 aliphatic carbocycles. The number of hydrogen-bond donors (Lipinski definition) is 1. The van der Waals surface area contributed by atoms with Crippen LogP contribution in [0.5, 0.6) is 0 Å². The lowest BCUT2D eigenvalue weighted by molar-refractivity contribution is 0.0254. The Morgan fingerprint density at radius 1 is 1.47 bits per heavy atom.